The fourth-order valence-electron chi connectivity index (χ4n) is 3.49. The number of hydrogen-bond acceptors (Lipinski definition) is 3. The standard InChI is InChI=1S/C28H20N2OS/c31-27(23-13-11-21(12-14-23)20-7-3-1-4-8-20)29-25-17-15-22(16-18-25)26-19-32-28(30-26)24-9-5-2-6-10-24/h1-19H,(H,29,31). The Morgan fingerprint density at radius 1 is 0.625 bits per heavy atom. The molecule has 32 heavy (non-hydrogen) atoms. The predicted molar refractivity (Wildman–Crippen MR) is 133 cm³/mol. The van der Waals surface area contributed by atoms with Crippen LogP contribution in [-0.4, -0.2) is 10.9 Å². The molecule has 0 aliphatic heterocycles. The Labute approximate surface area is 191 Å². The number of nitrogens with zero attached hydrogens (tertiary/aromatic N) is 1. The van der Waals surface area contributed by atoms with Crippen LogP contribution >= 0.6 is 11.3 Å². The molecule has 5 rings (SSSR count). The normalized spacial score (nSPS) is 10.6. The molecule has 0 atom stereocenters. The molecule has 5 aromatic rings. The first-order chi connectivity index (χ1) is 15.8. The second kappa shape index (κ2) is 9.00. The summed E-state index contributed by atoms with van der Waals surface area (Å²) in [6, 6.07) is 35.7. The SMILES string of the molecule is O=C(Nc1ccc(-c2csc(-c3ccccc3)n2)cc1)c1ccc(-c2ccccc2)cc1. The highest BCUT2D eigenvalue weighted by molar-refractivity contribution is 7.13. The molecular weight excluding hydrogens is 412 g/mol. The van der Waals surface area contributed by atoms with Gasteiger partial charge in [-0.05, 0) is 35.4 Å². The van der Waals surface area contributed by atoms with E-state index in [4.69, 9.17) is 4.98 Å². The summed E-state index contributed by atoms with van der Waals surface area (Å²) in [5.74, 6) is -0.127. The molecule has 1 heterocycles. The topological polar surface area (TPSA) is 42.0 Å². The highest BCUT2D eigenvalue weighted by Gasteiger charge is 2.09. The van der Waals surface area contributed by atoms with Gasteiger partial charge in [0.2, 0.25) is 0 Å². The van der Waals surface area contributed by atoms with Crippen LogP contribution in [0.3, 0.4) is 0 Å². The summed E-state index contributed by atoms with van der Waals surface area (Å²) in [6.45, 7) is 0. The zero-order valence-corrected chi connectivity index (χ0v) is 18.0. The van der Waals surface area contributed by atoms with E-state index in [0.29, 0.717) is 5.56 Å². The molecule has 3 nitrogen and oxygen atoms in total. The van der Waals surface area contributed by atoms with Crippen molar-refractivity contribution >= 4 is 22.9 Å². The van der Waals surface area contributed by atoms with Gasteiger partial charge in [-0.25, -0.2) is 4.98 Å². The van der Waals surface area contributed by atoms with Crippen LogP contribution in [0.25, 0.3) is 33.0 Å². The summed E-state index contributed by atoms with van der Waals surface area (Å²) in [5, 5.41) is 6.03. The van der Waals surface area contributed by atoms with Crippen molar-refractivity contribution in [1.29, 1.82) is 0 Å². The fourth-order valence-corrected chi connectivity index (χ4v) is 4.33. The van der Waals surface area contributed by atoms with Crippen LogP contribution in [0.5, 0.6) is 0 Å². The molecule has 0 radical (unpaired) electrons. The number of thiazole rings is 1. The molecule has 1 N–H and O–H groups in total. The van der Waals surface area contributed by atoms with Crippen LogP contribution in [0.4, 0.5) is 5.69 Å². The van der Waals surface area contributed by atoms with Crippen LogP contribution in [0.15, 0.2) is 115 Å². The smallest absolute Gasteiger partial charge is 0.255 e. The van der Waals surface area contributed by atoms with Gasteiger partial charge >= 0.3 is 0 Å². The zero-order chi connectivity index (χ0) is 21.8. The van der Waals surface area contributed by atoms with Crippen molar-refractivity contribution in [2.24, 2.45) is 0 Å². The van der Waals surface area contributed by atoms with Gasteiger partial charge in [-0.2, -0.15) is 0 Å². The van der Waals surface area contributed by atoms with E-state index in [9.17, 15) is 4.79 Å². The molecule has 0 aliphatic carbocycles. The summed E-state index contributed by atoms with van der Waals surface area (Å²) in [4.78, 5) is 17.4. The largest absolute Gasteiger partial charge is 0.322 e. The first-order valence-electron chi connectivity index (χ1n) is 10.3. The second-order valence-electron chi connectivity index (χ2n) is 7.38. The molecular formula is C28H20N2OS. The summed E-state index contributed by atoms with van der Waals surface area (Å²) >= 11 is 1.63. The molecule has 0 saturated heterocycles. The van der Waals surface area contributed by atoms with Crippen molar-refractivity contribution in [3.63, 3.8) is 0 Å². The Morgan fingerprint density at radius 2 is 1.19 bits per heavy atom. The van der Waals surface area contributed by atoms with Gasteiger partial charge in [0.25, 0.3) is 5.91 Å². The molecule has 154 valence electrons. The number of amides is 1. The van der Waals surface area contributed by atoms with Crippen LogP contribution in [0.2, 0.25) is 0 Å². The minimum Gasteiger partial charge on any atom is -0.322 e. The van der Waals surface area contributed by atoms with E-state index in [-0.39, 0.29) is 5.91 Å². The number of carbonyl (C=O) groups excluding carboxylic acids is 1. The van der Waals surface area contributed by atoms with Gasteiger partial charge in [-0.1, -0.05) is 84.9 Å². The molecule has 0 bridgehead atoms. The van der Waals surface area contributed by atoms with Crippen molar-refractivity contribution in [3.8, 4) is 33.0 Å². The molecule has 1 amide bonds. The van der Waals surface area contributed by atoms with Crippen molar-refractivity contribution in [2.45, 2.75) is 0 Å². The van der Waals surface area contributed by atoms with Crippen LogP contribution < -0.4 is 5.32 Å². The van der Waals surface area contributed by atoms with E-state index < -0.39 is 0 Å². The van der Waals surface area contributed by atoms with Crippen molar-refractivity contribution in [3.05, 3.63) is 120 Å². The third-order valence-electron chi connectivity index (χ3n) is 5.22. The quantitative estimate of drug-likeness (QED) is 0.314. The lowest BCUT2D eigenvalue weighted by Gasteiger charge is -2.07. The number of hydrogen-bond donors (Lipinski definition) is 1. The van der Waals surface area contributed by atoms with E-state index >= 15 is 0 Å². The van der Waals surface area contributed by atoms with Gasteiger partial charge in [-0.3, -0.25) is 4.79 Å². The highest BCUT2D eigenvalue weighted by atomic mass is 32.1. The number of benzene rings is 4. The number of rotatable bonds is 5. The van der Waals surface area contributed by atoms with Gasteiger partial charge in [0.05, 0.1) is 5.69 Å². The zero-order valence-electron chi connectivity index (χ0n) is 17.2. The first kappa shape index (κ1) is 19.9. The minimum atomic E-state index is -0.127. The third kappa shape index (κ3) is 4.36. The van der Waals surface area contributed by atoms with Crippen LogP contribution in [-0.2, 0) is 0 Å². The van der Waals surface area contributed by atoms with Crippen molar-refractivity contribution < 1.29 is 4.79 Å². The van der Waals surface area contributed by atoms with E-state index in [2.05, 4.69) is 35.0 Å². The second-order valence-corrected chi connectivity index (χ2v) is 8.24. The van der Waals surface area contributed by atoms with Gasteiger partial charge in [0.1, 0.15) is 5.01 Å². The summed E-state index contributed by atoms with van der Waals surface area (Å²) < 4.78 is 0. The molecule has 4 heteroatoms. The number of aromatic nitrogens is 1. The lowest BCUT2D eigenvalue weighted by molar-refractivity contribution is 0.102. The highest BCUT2D eigenvalue weighted by Crippen LogP contribution is 2.29. The Balaban J connectivity index is 1.27. The average Bonchev–Trinajstić information content (AvgIpc) is 3.36. The Bertz CT molecular complexity index is 1330. The van der Waals surface area contributed by atoms with E-state index in [1.807, 2.05) is 84.9 Å². The maximum atomic E-state index is 12.7. The number of carbonyl (C=O) groups is 1. The monoisotopic (exact) mass is 432 g/mol. The van der Waals surface area contributed by atoms with E-state index in [1.165, 1.54) is 0 Å². The maximum Gasteiger partial charge on any atom is 0.255 e. The van der Waals surface area contributed by atoms with E-state index in [1.54, 1.807) is 11.3 Å². The van der Waals surface area contributed by atoms with Crippen molar-refractivity contribution in [2.75, 3.05) is 5.32 Å². The van der Waals surface area contributed by atoms with Gasteiger partial charge in [-0.15, -0.1) is 11.3 Å². The van der Waals surface area contributed by atoms with Gasteiger partial charge in [0.15, 0.2) is 0 Å². The number of anilines is 1. The predicted octanol–water partition coefficient (Wildman–Crippen LogP) is 7.40. The molecule has 4 aromatic carbocycles. The summed E-state index contributed by atoms with van der Waals surface area (Å²) in [5.41, 5.74) is 6.67. The number of nitrogens with one attached hydrogen (secondary N) is 1. The van der Waals surface area contributed by atoms with Crippen LogP contribution in [0, 0.1) is 0 Å². The first-order valence-corrected chi connectivity index (χ1v) is 11.2. The Kier molecular flexibility index (Phi) is 5.60. The molecule has 0 fully saturated rings. The molecule has 0 unspecified atom stereocenters. The van der Waals surface area contributed by atoms with Gasteiger partial charge < -0.3 is 5.32 Å². The van der Waals surface area contributed by atoms with Crippen LogP contribution in [0.1, 0.15) is 10.4 Å². The third-order valence-corrected chi connectivity index (χ3v) is 6.11. The Hall–Kier alpha value is -4.02. The Morgan fingerprint density at radius 3 is 1.84 bits per heavy atom. The van der Waals surface area contributed by atoms with E-state index in [0.717, 1.165) is 38.6 Å². The average molecular weight is 433 g/mol. The lowest BCUT2D eigenvalue weighted by atomic mass is 10.0. The van der Waals surface area contributed by atoms with Crippen molar-refractivity contribution in [1.82, 2.24) is 4.98 Å². The maximum absolute atomic E-state index is 12.7. The molecule has 0 aliphatic rings. The summed E-state index contributed by atoms with van der Waals surface area (Å²) in [6.07, 6.45) is 0. The minimum absolute atomic E-state index is 0.127. The fraction of sp³-hybridized carbons (Fsp3) is 0. The van der Waals surface area contributed by atoms with Gasteiger partial charge in [0, 0.05) is 27.8 Å². The lowest BCUT2D eigenvalue weighted by Crippen LogP contribution is -2.11. The molecule has 0 spiro atoms. The molecule has 1 aromatic heterocycles. The molecule has 0 saturated carbocycles. The summed E-state index contributed by atoms with van der Waals surface area (Å²) in [7, 11) is 0.